The number of rotatable bonds is 3. The van der Waals surface area contributed by atoms with Gasteiger partial charge in [-0.05, 0) is 48.4 Å². The first kappa shape index (κ1) is 14.9. The zero-order chi connectivity index (χ0) is 16.4. The number of aliphatic carboxylic acids is 1. The van der Waals surface area contributed by atoms with Gasteiger partial charge in [0.1, 0.15) is 5.82 Å². The molecule has 0 atom stereocenters. The van der Waals surface area contributed by atoms with Crippen molar-refractivity contribution >= 4 is 22.9 Å². The van der Waals surface area contributed by atoms with E-state index in [0.29, 0.717) is 0 Å². The van der Waals surface area contributed by atoms with Crippen LogP contribution in [0, 0.1) is 5.82 Å². The molecule has 1 heterocycles. The van der Waals surface area contributed by atoms with Crippen LogP contribution in [0.2, 0.25) is 0 Å². The molecular formula is C19H14FNO2. The maximum atomic E-state index is 13.3. The molecule has 0 aliphatic carbocycles. The quantitative estimate of drug-likeness (QED) is 0.723. The standard InChI is InChI=1S/C19H14FNO2/c1-12(19(22)23)7-13-5-6-15-9-16(11-21-18(15)8-13)14-3-2-4-17(20)10-14/h2-11H,1H3,(H,22,23)/b12-7+. The van der Waals surface area contributed by atoms with Gasteiger partial charge in [-0.25, -0.2) is 9.18 Å². The molecule has 0 aliphatic heterocycles. The molecule has 2 aromatic carbocycles. The molecule has 0 amide bonds. The van der Waals surface area contributed by atoms with Crippen molar-refractivity contribution in [3.8, 4) is 11.1 Å². The van der Waals surface area contributed by atoms with Gasteiger partial charge < -0.3 is 5.11 Å². The molecule has 1 aromatic heterocycles. The molecule has 23 heavy (non-hydrogen) atoms. The van der Waals surface area contributed by atoms with Gasteiger partial charge in [-0.2, -0.15) is 0 Å². The third-order valence-corrected chi connectivity index (χ3v) is 3.59. The summed E-state index contributed by atoms with van der Waals surface area (Å²) in [7, 11) is 0. The van der Waals surface area contributed by atoms with Gasteiger partial charge in [0.25, 0.3) is 0 Å². The molecule has 0 aliphatic rings. The van der Waals surface area contributed by atoms with E-state index in [1.807, 2.05) is 30.3 Å². The third kappa shape index (κ3) is 3.26. The average molecular weight is 307 g/mol. The van der Waals surface area contributed by atoms with Crippen molar-refractivity contribution in [2.75, 3.05) is 0 Å². The highest BCUT2D eigenvalue weighted by Crippen LogP contribution is 2.24. The fourth-order valence-electron chi connectivity index (χ4n) is 2.37. The van der Waals surface area contributed by atoms with Crippen molar-refractivity contribution < 1.29 is 14.3 Å². The number of nitrogens with zero attached hydrogens (tertiary/aromatic N) is 1. The lowest BCUT2D eigenvalue weighted by Crippen LogP contribution is -1.95. The predicted molar refractivity (Wildman–Crippen MR) is 88.4 cm³/mol. The molecule has 3 aromatic rings. The van der Waals surface area contributed by atoms with Crippen LogP contribution in [-0.4, -0.2) is 16.1 Å². The van der Waals surface area contributed by atoms with Gasteiger partial charge in [0, 0.05) is 22.7 Å². The monoisotopic (exact) mass is 307 g/mol. The van der Waals surface area contributed by atoms with Crippen LogP contribution < -0.4 is 0 Å². The fraction of sp³-hybridized carbons (Fsp3) is 0.0526. The molecule has 0 bridgehead atoms. The van der Waals surface area contributed by atoms with Gasteiger partial charge in [-0.3, -0.25) is 4.98 Å². The third-order valence-electron chi connectivity index (χ3n) is 3.59. The molecule has 0 saturated carbocycles. The SMILES string of the molecule is C/C(=C\c1ccc2cc(-c3cccc(F)c3)cnc2c1)C(=O)O. The number of carboxylic acid groups (broad SMARTS) is 1. The molecule has 0 saturated heterocycles. The molecule has 0 fully saturated rings. The second-order valence-corrected chi connectivity index (χ2v) is 5.32. The van der Waals surface area contributed by atoms with Gasteiger partial charge >= 0.3 is 5.97 Å². The minimum Gasteiger partial charge on any atom is -0.478 e. The summed E-state index contributed by atoms with van der Waals surface area (Å²) in [5.41, 5.74) is 3.41. The first-order valence-corrected chi connectivity index (χ1v) is 7.10. The van der Waals surface area contributed by atoms with Crippen molar-refractivity contribution in [1.82, 2.24) is 4.98 Å². The Labute approximate surface area is 132 Å². The largest absolute Gasteiger partial charge is 0.478 e. The smallest absolute Gasteiger partial charge is 0.331 e. The number of benzene rings is 2. The molecule has 4 heteroatoms. The fourth-order valence-corrected chi connectivity index (χ4v) is 2.37. The van der Waals surface area contributed by atoms with Gasteiger partial charge in [0.2, 0.25) is 0 Å². The Bertz CT molecular complexity index is 932. The highest BCUT2D eigenvalue weighted by molar-refractivity contribution is 5.92. The molecule has 1 N–H and O–H groups in total. The summed E-state index contributed by atoms with van der Waals surface area (Å²) >= 11 is 0. The lowest BCUT2D eigenvalue weighted by molar-refractivity contribution is -0.132. The molecule has 3 nitrogen and oxygen atoms in total. The first-order valence-electron chi connectivity index (χ1n) is 7.10. The van der Waals surface area contributed by atoms with E-state index in [1.165, 1.54) is 12.1 Å². The maximum Gasteiger partial charge on any atom is 0.331 e. The Hall–Kier alpha value is -3.01. The van der Waals surface area contributed by atoms with E-state index in [9.17, 15) is 9.18 Å². The van der Waals surface area contributed by atoms with Crippen LogP contribution in [0.25, 0.3) is 28.1 Å². The Morgan fingerprint density at radius 1 is 1.13 bits per heavy atom. The normalized spacial score (nSPS) is 11.7. The number of hydrogen-bond donors (Lipinski definition) is 1. The van der Waals surface area contributed by atoms with E-state index in [-0.39, 0.29) is 11.4 Å². The van der Waals surface area contributed by atoms with Crippen LogP contribution in [-0.2, 0) is 4.79 Å². The topological polar surface area (TPSA) is 50.2 Å². The number of carbonyl (C=O) groups is 1. The van der Waals surface area contributed by atoms with E-state index in [1.54, 1.807) is 25.3 Å². The first-order chi connectivity index (χ1) is 11.0. The Morgan fingerprint density at radius 3 is 2.70 bits per heavy atom. The number of carboxylic acids is 1. The summed E-state index contributed by atoms with van der Waals surface area (Å²) < 4.78 is 13.3. The molecule has 3 rings (SSSR count). The highest BCUT2D eigenvalue weighted by Gasteiger charge is 2.04. The second kappa shape index (κ2) is 6.01. The van der Waals surface area contributed by atoms with Crippen LogP contribution in [0.5, 0.6) is 0 Å². The van der Waals surface area contributed by atoms with Crippen LogP contribution in [0.3, 0.4) is 0 Å². The van der Waals surface area contributed by atoms with Crippen LogP contribution >= 0.6 is 0 Å². The number of aromatic nitrogens is 1. The summed E-state index contributed by atoms with van der Waals surface area (Å²) in [5.74, 6) is -1.23. The maximum absolute atomic E-state index is 13.3. The van der Waals surface area contributed by atoms with Crippen molar-refractivity contribution in [3.05, 3.63) is 71.7 Å². The number of fused-ring (bicyclic) bond motifs is 1. The van der Waals surface area contributed by atoms with Gasteiger partial charge in [-0.15, -0.1) is 0 Å². The zero-order valence-electron chi connectivity index (χ0n) is 12.5. The average Bonchev–Trinajstić information content (AvgIpc) is 2.54. The van der Waals surface area contributed by atoms with Gasteiger partial charge in [-0.1, -0.05) is 24.3 Å². The number of pyridine rings is 1. The van der Waals surface area contributed by atoms with Crippen molar-refractivity contribution in [2.24, 2.45) is 0 Å². The van der Waals surface area contributed by atoms with E-state index >= 15 is 0 Å². The highest BCUT2D eigenvalue weighted by atomic mass is 19.1. The molecule has 0 unspecified atom stereocenters. The lowest BCUT2D eigenvalue weighted by Gasteiger charge is -2.05. The summed E-state index contributed by atoms with van der Waals surface area (Å²) in [6, 6.07) is 13.9. The van der Waals surface area contributed by atoms with E-state index < -0.39 is 5.97 Å². The molecule has 114 valence electrons. The summed E-state index contributed by atoms with van der Waals surface area (Å²) in [4.78, 5) is 15.3. The number of halogens is 1. The summed E-state index contributed by atoms with van der Waals surface area (Å²) in [6.45, 7) is 1.55. The number of hydrogen-bond acceptors (Lipinski definition) is 2. The predicted octanol–water partition coefficient (Wildman–Crippen LogP) is 4.53. The van der Waals surface area contributed by atoms with Gasteiger partial charge in [0.15, 0.2) is 0 Å². The van der Waals surface area contributed by atoms with Crippen molar-refractivity contribution in [1.29, 1.82) is 0 Å². The molecule has 0 radical (unpaired) electrons. The van der Waals surface area contributed by atoms with E-state index in [2.05, 4.69) is 4.98 Å². The summed E-state index contributed by atoms with van der Waals surface area (Å²) in [5, 5.41) is 9.84. The van der Waals surface area contributed by atoms with Crippen LogP contribution in [0.1, 0.15) is 12.5 Å². The van der Waals surface area contributed by atoms with Gasteiger partial charge in [0.05, 0.1) is 5.52 Å². The minimum atomic E-state index is -0.945. The minimum absolute atomic E-state index is 0.265. The Morgan fingerprint density at radius 2 is 1.96 bits per heavy atom. The van der Waals surface area contributed by atoms with Crippen molar-refractivity contribution in [3.63, 3.8) is 0 Å². The molecule has 0 spiro atoms. The molecular weight excluding hydrogens is 293 g/mol. The lowest BCUT2D eigenvalue weighted by atomic mass is 10.0. The Kier molecular flexibility index (Phi) is 3.89. The van der Waals surface area contributed by atoms with Crippen molar-refractivity contribution in [2.45, 2.75) is 6.92 Å². The summed E-state index contributed by atoms with van der Waals surface area (Å²) in [6.07, 6.45) is 3.29. The Balaban J connectivity index is 2.02. The van der Waals surface area contributed by atoms with Crippen LogP contribution in [0.4, 0.5) is 4.39 Å². The van der Waals surface area contributed by atoms with E-state index in [4.69, 9.17) is 5.11 Å². The van der Waals surface area contributed by atoms with E-state index in [0.717, 1.165) is 27.6 Å². The second-order valence-electron chi connectivity index (χ2n) is 5.32. The zero-order valence-corrected chi connectivity index (χ0v) is 12.5. The van der Waals surface area contributed by atoms with Crippen LogP contribution in [0.15, 0.2) is 60.3 Å².